The molecular weight excluding hydrogens is 322 g/mol. The minimum absolute atomic E-state index is 0.0297. The third kappa shape index (κ3) is 3.88. The molecule has 0 saturated carbocycles. The normalized spacial score (nSPS) is 16.0. The summed E-state index contributed by atoms with van der Waals surface area (Å²) in [6.07, 6.45) is 1.55. The van der Waals surface area contributed by atoms with Gasteiger partial charge in [0, 0.05) is 18.0 Å². The quantitative estimate of drug-likeness (QED) is 0.860. The van der Waals surface area contributed by atoms with Crippen LogP contribution < -0.4 is 5.73 Å². The minimum atomic E-state index is -0.963. The van der Waals surface area contributed by atoms with E-state index in [1.807, 2.05) is 6.92 Å². The number of oxazole rings is 1. The van der Waals surface area contributed by atoms with Gasteiger partial charge in [-0.3, -0.25) is 9.69 Å². The molecule has 25 heavy (non-hydrogen) atoms. The Balaban J connectivity index is 1.68. The van der Waals surface area contributed by atoms with Crippen molar-refractivity contribution in [3.05, 3.63) is 41.3 Å². The monoisotopic (exact) mass is 343 g/mol. The average molecular weight is 343 g/mol. The van der Waals surface area contributed by atoms with Crippen LogP contribution in [-0.4, -0.2) is 40.0 Å². The van der Waals surface area contributed by atoms with Gasteiger partial charge >= 0.3 is 5.97 Å². The number of carbonyl (C=O) groups excluding carboxylic acids is 1. The number of carbonyl (C=O) groups is 2. The van der Waals surface area contributed by atoms with E-state index >= 15 is 0 Å². The number of nitrogens with zero attached hydrogens (tertiary/aromatic N) is 2. The van der Waals surface area contributed by atoms with Crippen LogP contribution in [0.1, 0.15) is 34.7 Å². The molecule has 0 aliphatic carbocycles. The Morgan fingerprint density at radius 2 is 1.92 bits per heavy atom. The summed E-state index contributed by atoms with van der Waals surface area (Å²) in [4.78, 5) is 29.0. The molecule has 1 aliphatic rings. The first-order valence-electron chi connectivity index (χ1n) is 8.25. The number of piperidine rings is 1. The van der Waals surface area contributed by atoms with Gasteiger partial charge in [0.05, 0.1) is 11.3 Å². The molecule has 1 amide bonds. The van der Waals surface area contributed by atoms with E-state index < -0.39 is 5.97 Å². The standard InChI is InChI=1S/C18H21N3O4/c1-11-15(10-21-8-6-12(7-9-21)16(19)22)20-17(25-11)13-2-4-14(5-3-13)18(23)24/h2-5,12H,6-10H2,1H3,(H2,19,22)(H,23,24). The van der Waals surface area contributed by atoms with E-state index in [0.717, 1.165) is 42.9 Å². The minimum Gasteiger partial charge on any atom is -0.478 e. The van der Waals surface area contributed by atoms with E-state index in [1.54, 1.807) is 12.1 Å². The zero-order valence-corrected chi connectivity index (χ0v) is 14.1. The highest BCUT2D eigenvalue weighted by atomic mass is 16.4. The largest absolute Gasteiger partial charge is 0.478 e. The van der Waals surface area contributed by atoms with E-state index in [-0.39, 0.29) is 17.4 Å². The molecule has 2 heterocycles. The van der Waals surface area contributed by atoms with Gasteiger partial charge in [0.1, 0.15) is 5.76 Å². The second-order valence-corrected chi connectivity index (χ2v) is 6.36. The molecule has 3 N–H and O–H groups in total. The smallest absolute Gasteiger partial charge is 0.335 e. The van der Waals surface area contributed by atoms with Crippen LogP contribution in [0.3, 0.4) is 0 Å². The molecule has 1 aromatic heterocycles. The third-order valence-corrected chi connectivity index (χ3v) is 4.63. The topological polar surface area (TPSA) is 110 Å². The zero-order valence-electron chi connectivity index (χ0n) is 14.1. The molecule has 7 nitrogen and oxygen atoms in total. The van der Waals surface area contributed by atoms with Gasteiger partial charge in [0.15, 0.2) is 0 Å². The predicted molar refractivity (Wildman–Crippen MR) is 90.8 cm³/mol. The van der Waals surface area contributed by atoms with Gasteiger partial charge in [-0.25, -0.2) is 9.78 Å². The molecule has 0 bridgehead atoms. The van der Waals surface area contributed by atoms with Gasteiger partial charge in [-0.15, -0.1) is 0 Å². The molecule has 3 rings (SSSR count). The summed E-state index contributed by atoms with van der Waals surface area (Å²) in [7, 11) is 0. The van der Waals surface area contributed by atoms with Crippen LogP contribution in [0.2, 0.25) is 0 Å². The van der Waals surface area contributed by atoms with E-state index in [0.29, 0.717) is 12.4 Å². The zero-order chi connectivity index (χ0) is 18.0. The molecule has 7 heteroatoms. The Bertz CT molecular complexity index is 774. The van der Waals surface area contributed by atoms with Gasteiger partial charge in [0.2, 0.25) is 11.8 Å². The van der Waals surface area contributed by atoms with Crippen molar-refractivity contribution in [1.82, 2.24) is 9.88 Å². The van der Waals surface area contributed by atoms with Gasteiger partial charge in [-0.1, -0.05) is 0 Å². The maximum absolute atomic E-state index is 11.2. The lowest BCUT2D eigenvalue weighted by Crippen LogP contribution is -2.38. The fourth-order valence-electron chi connectivity index (χ4n) is 3.04. The molecule has 1 aromatic carbocycles. The number of carboxylic acid groups (broad SMARTS) is 1. The van der Waals surface area contributed by atoms with Crippen LogP contribution in [0.25, 0.3) is 11.5 Å². The number of aromatic nitrogens is 1. The molecule has 0 atom stereocenters. The molecule has 1 aliphatic heterocycles. The second kappa shape index (κ2) is 7.06. The van der Waals surface area contributed by atoms with Crippen LogP contribution in [0.15, 0.2) is 28.7 Å². The second-order valence-electron chi connectivity index (χ2n) is 6.36. The molecule has 132 valence electrons. The lowest BCUT2D eigenvalue weighted by Gasteiger charge is -2.29. The number of aromatic carboxylic acids is 1. The first kappa shape index (κ1) is 17.2. The summed E-state index contributed by atoms with van der Waals surface area (Å²) >= 11 is 0. The maximum atomic E-state index is 11.2. The lowest BCUT2D eigenvalue weighted by molar-refractivity contribution is -0.123. The summed E-state index contributed by atoms with van der Waals surface area (Å²) in [5.74, 6) is 0.0170. The van der Waals surface area contributed by atoms with Crippen LogP contribution in [0, 0.1) is 12.8 Å². The van der Waals surface area contributed by atoms with Crippen molar-refractivity contribution in [2.75, 3.05) is 13.1 Å². The van der Waals surface area contributed by atoms with Crippen LogP contribution in [-0.2, 0) is 11.3 Å². The Labute approximate surface area is 145 Å². The highest BCUT2D eigenvalue weighted by Crippen LogP contribution is 2.24. The first-order chi connectivity index (χ1) is 11.9. The highest BCUT2D eigenvalue weighted by molar-refractivity contribution is 5.88. The number of amides is 1. The van der Waals surface area contributed by atoms with Crippen molar-refractivity contribution in [3.63, 3.8) is 0 Å². The SMILES string of the molecule is Cc1oc(-c2ccc(C(=O)O)cc2)nc1CN1CCC(C(N)=O)CC1. The molecule has 0 unspecified atom stereocenters. The fourth-order valence-corrected chi connectivity index (χ4v) is 3.04. The number of aryl methyl sites for hydroxylation is 1. The number of rotatable bonds is 5. The summed E-state index contributed by atoms with van der Waals surface area (Å²) in [5, 5.41) is 8.96. The first-order valence-corrected chi connectivity index (χ1v) is 8.25. The van der Waals surface area contributed by atoms with Gasteiger partial charge in [0.25, 0.3) is 0 Å². The van der Waals surface area contributed by atoms with Crippen molar-refractivity contribution in [2.24, 2.45) is 11.7 Å². The maximum Gasteiger partial charge on any atom is 0.335 e. The van der Waals surface area contributed by atoms with E-state index in [4.69, 9.17) is 15.3 Å². The van der Waals surface area contributed by atoms with Gasteiger partial charge in [-0.05, 0) is 57.1 Å². The highest BCUT2D eigenvalue weighted by Gasteiger charge is 2.24. The van der Waals surface area contributed by atoms with E-state index in [9.17, 15) is 9.59 Å². The number of primary amides is 1. The van der Waals surface area contributed by atoms with Crippen molar-refractivity contribution >= 4 is 11.9 Å². The molecule has 1 fully saturated rings. The van der Waals surface area contributed by atoms with Gasteiger partial charge in [-0.2, -0.15) is 0 Å². The Morgan fingerprint density at radius 3 is 2.48 bits per heavy atom. The van der Waals surface area contributed by atoms with Crippen LogP contribution in [0.4, 0.5) is 0 Å². The van der Waals surface area contributed by atoms with Crippen molar-refractivity contribution in [3.8, 4) is 11.5 Å². The summed E-state index contributed by atoms with van der Waals surface area (Å²) < 4.78 is 5.74. The lowest BCUT2D eigenvalue weighted by atomic mass is 9.96. The molecule has 0 radical (unpaired) electrons. The molecule has 0 spiro atoms. The molecule has 2 aromatic rings. The molecule has 1 saturated heterocycles. The van der Waals surface area contributed by atoms with Gasteiger partial charge < -0.3 is 15.3 Å². The summed E-state index contributed by atoms with van der Waals surface area (Å²) in [6, 6.07) is 6.45. The van der Waals surface area contributed by atoms with Crippen LogP contribution >= 0.6 is 0 Å². The number of likely N-dealkylation sites (tertiary alicyclic amines) is 1. The molecular formula is C18H21N3O4. The Kier molecular flexibility index (Phi) is 4.85. The Morgan fingerprint density at radius 1 is 1.28 bits per heavy atom. The number of nitrogens with two attached hydrogens (primary N) is 1. The average Bonchev–Trinajstić information content (AvgIpc) is 2.96. The predicted octanol–water partition coefficient (Wildman–Crippen LogP) is 2.05. The number of carboxylic acids is 1. The van der Waals surface area contributed by atoms with Crippen molar-refractivity contribution < 1.29 is 19.1 Å². The fraction of sp³-hybridized carbons (Fsp3) is 0.389. The van der Waals surface area contributed by atoms with E-state index in [1.165, 1.54) is 12.1 Å². The number of benzene rings is 1. The van der Waals surface area contributed by atoms with Crippen molar-refractivity contribution in [2.45, 2.75) is 26.3 Å². The number of hydrogen-bond donors (Lipinski definition) is 2. The van der Waals surface area contributed by atoms with Crippen LogP contribution in [0.5, 0.6) is 0 Å². The summed E-state index contributed by atoms with van der Waals surface area (Å²) in [5.41, 5.74) is 7.19. The third-order valence-electron chi connectivity index (χ3n) is 4.63. The van der Waals surface area contributed by atoms with Crippen molar-refractivity contribution in [1.29, 1.82) is 0 Å². The summed E-state index contributed by atoms with van der Waals surface area (Å²) in [6.45, 7) is 4.15. The van der Waals surface area contributed by atoms with E-state index in [2.05, 4.69) is 9.88 Å². The number of hydrogen-bond acceptors (Lipinski definition) is 5. The Hall–Kier alpha value is -2.67.